The Morgan fingerprint density at radius 2 is 1.36 bits per heavy atom. The second-order valence-corrected chi connectivity index (χ2v) is 4.89. The molecule has 0 atom stereocenters. The van der Waals surface area contributed by atoms with Crippen LogP contribution in [0.15, 0.2) is 42.5 Å². The highest BCUT2D eigenvalue weighted by atomic mass is 14.8. The van der Waals surface area contributed by atoms with Gasteiger partial charge in [-0.15, -0.1) is 0 Å². The predicted octanol–water partition coefficient (Wildman–Crippen LogP) is 3.19. The lowest BCUT2D eigenvalue weighted by molar-refractivity contribution is 0.693. The number of anilines is 1. The molecule has 2 rings (SSSR count). The minimum atomic E-state index is 0.809. The largest absolute Gasteiger partial charge is 0.399 e. The Hall–Kier alpha value is -2.06. The Balaban J connectivity index is 0.00000116. The van der Waals surface area contributed by atoms with E-state index in [4.69, 9.17) is 5.73 Å². The van der Waals surface area contributed by atoms with Gasteiger partial charge in [0.1, 0.15) is 0 Å². The molecule has 0 fully saturated rings. The third-order valence-corrected chi connectivity index (χ3v) is 3.41. The predicted molar refractivity (Wildman–Crippen MR) is 98.7 cm³/mol. The van der Waals surface area contributed by atoms with Crippen molar-refractivity contribution < 1.29 is 0 Å². The highest BCUT2D eigenvalue weighted by Crippen LogP contribution is 2.05. The summed E-state index contributed by atoms with van der Waals surface area (Å²) in [4.78, 5) is 0. The van der Waals surface area contributed by atoms with Gasteiger partial charge in [0.05, 0.1) is 0 Å². The standard InChI is InChI=1S/C18H22N2.C2H6/c1-3-16-8-5-15(11-17(16)4-2)13-20-12-14-6-9-18(19)10-7-14;1-2/h3-11,20H,12-13,19H2,1-2H3;1-2H3/b16-3-,17-4-;. The Morgan fingerprint density at radius 1 is 0.818 bits per heavy atom. The van der Waals surface area contributed by atoms with Crippen molar-refractivity contribution in [2.24, 2.45) is 0 Å². The van der Waals surface area contributed by atoms with Gasteiger partial charge < -0.3 is 11.1 Å². The summed E-state index contributed by atoms with van der Waals surface area (Å²) in [5, 5.41) is 6.04. The molecule has 0 saturated heterocycles. The maximum absolute atomic E-state index is 5.68. The van der Waals surface area contributed by atoms with E-state index in [-0.39, 0.29) is 0 Å². The molecule has 0 spiro atoms. The fourth-order valence-electron chi connectivity index (χ4n) is 2.23. The summed E-state index contributed by atoms with van der Waals surface area (Å²) >= 11 is 0. The molecule has 0 aliphatic carbocycles. The maximum Gasteiger partial charge on any atom is 0.0314 e. The van der Waals surface area contributed by atoms with Crippen molar-refractivity contribution in [1.82, 2.24) is 5.32 Å². The normalized spacial score (nSPS) is 12.0. The molecule has 118 valence electrons. The van der Waals surface area contributed by atoms with Crippen LogP contribution < -0.4 is 21.5 Å². The first-order valence-corrected chi connectivity index (χ1v) is 7.99. The number of hydrogen-bond acceptors (Lipinski definition) is 2. The molecule has 0 radical (unpaired) electrons. The molecule has 0 aromatic heterocycles. The van der Waals surface area contributed by atoms with Gasteiger partial charge in [0.25, 0.3) is 0 Å². The minimum Gasteiger partial charge on any atom is -0.399 e. The molecular weight excluding hydrogens is 268 g/mol. The molecule has 2 nitrogen and oxygen atoms in total. The lowest BCUT2D eigenvalue weighted by atomic mass is 10.1. The molecule has 22 heavy (non-hydrogen) atoms. The molecule has 0 heterocycles. The number of hydrogen-bond donors (Lipinski definition) is 2. The number of benzene rings is 2. The second kappa shape index (κ2) is 9.80. The Kier molecular flexibility index (Phi) is 8.01. The van der Waals surface area contributed by atoms with E-state index in [1.165, 1.54) is 21.6 Å². The zero-order chi connectivity index (χ0) is 16.4. The van der Waals surface area contributed by atoms with Crippen LogP contribution in [0.25, 0.3) is 12.2 Å². The van der Waals surface area contributed by atoms with E-state index in [0.717, 1.165) is 18.8 Å². The van der Waals surface area contributed by atoms with Gasteiger partial charge in [-0.2, -0.15) is 0 Å². The molecule has 3 N–H and O–H groups in total. The van der Waals surface area contributed by atoms with Crippen molar-refractivity contribution in [2.45, 2.75) is 40.8 Å². The van der Waals surface area contributed by atoms with E-state index in [9.17, 15) is 0 Å². The molecule has 2 heteroatoms. The Morgan fingerprint density at radius 3 is 1.95 bits per heavy atom. The first-order valence-electron chi connectivity index (χ1n) is 7.99. The van der Waals surface area contributed by atoms with Gasteiger partial charge >= 0.3 is 0 Å². The van der Waals surface area contributed by atoms with E-state index >= 15 is 0 Å². The molecule has 0 aliphatic rings. The third kappa shape index (κ3) is 5.38. The average Bonchev–Trinajstić information content (AvgIpc) is 2.58. The molecule has 0 unspecified atom stereocenters. The van der Waals surface area contributed by atoms with Crippen LogP contribution in [0, 0.1) is 0 Å². The van der Waals surface area contributed by atoms with Gasteiger partial charge in [-0.3, -0.25) is 0 Å². The monoisotopic (exact) mass is 296 g/mol. The Labute approximate surface area is 134 Å². The summed E-state index contributed by atoms with van der Waals surface area (Å²) in [6.45, 7) is 9.87. The van der Waals surface area contributed by atoms with Crippen molar-refractivity contribution >= 4 is 17.8 Å². The number of rotatable bonds is 4. The first-order chi connectivity index (χ1) is 10.7. The van der Waals surface area contributed by atoms with Crippen LogP contribution in [-0.2, 0) is 13.1 Å². The molecular formula is C20H28N2. The van der Waals surface area contributed by atoms with Crippen molar-refractivity contribution in [2.75, 3.05) is 5.73 Å². The van der Waals surface area contributed by atoms with Gasteiger partial charge in [0.2, 0.25) is 0 Å². The van der Waals surface area contributed by atoms with Crippen LogP contribution in [0.3, 0.4) is 0 Å². The van der Waals surface area contributed by atoms with E-state index < -0.39 is 0 Å². The highest BCUT2D eigenvalue weighted by Gasteiger charge is 1.95. The van der Waals surface area contributed by atoms with Gasteiger partial charge in [0.15, 0.2) is 0 Å². The summed E-state index contributed by atoms with van der Waals surface area (Å²) in [7, 11) is 0. The summed E-state index contributed by atoms with van der Waals surface area (Å²) < 4.78 is 0. The number of nitrogens with two attached hydrogens (primary N) is 1. The van der Waals surface area contributed by atoms with Crippen molar-refractivity contribution in [3.63, 3.8) is 0 Å². The molecule has 0 amide bonds. The summed E-state index contributed by atoms with van der Waals surface area (Å²) in [6.07, 6.45) is 4.29. The smallest absolute Gasteiger partial charge is 0.0314 e. The zero-order valence-corrected chi connectivity index (χ0v) is 14.2. The van der Waals surface area contributed by atoms with E-state index in [1.54, 1.807) is 0 Å². The van der Waals surface area contributed by atoms with Crippen molar-refractivity contribution in [1.29, 1.82) is 0 Å². The zero-order valence-electron chi connectivity index (χ0n) is 14.2. The van der Waals surface area contributed by atoms with E-state index in [1.807, 2.05) is 26.0 Å². The van der Waals surface area contributed by atoms with E-state index in [2.05, 4.69) is 61.6 Å². The maximum atomic E-state index is 5.68. The summed E-state index contributed by atoms with van der Waals surface area (Å²) in [6, 6.07) is 14.6. The fourth-order valence-corrected chi connectivity index (χ4v) is 2.23. The van der Waals surface area contributed by atoms with Gasteiger partial charge in [-0.1, -0.05) is 56.3 Å². The molecule has 0 bridgehead atoms. The first kappa shape index (κ1) is 18.0. The Bertz CT molecular complexity index is 670. The van der Waals surface area contributed by atoms with Gasteiger partial charge in [-0.25, -0.2) is 0 Å². The number of nitrogens with one attached hydrogen (secondary N) is 1. The molecule has 0 aliphatic heterocycles. The van der Waals surface area contributed by atoms with Crippen LogP contribution in [0.1, 0.15) is 38.8 Å². The van der Waals surface area contributed by atoms with Gasteiger partial charge in [-0.05, 0) is 47.5 Å². The van der Waals surface area contributed by atoms with Crippen LogP contribution in [-0.4, -0.2) is 0 Å². The SMILES string of the molecule is C/C=c1/ccc(CNCc2ccc(N)cc2)c/c1=C/C.CC. The summed E-state index contributed by atoms with van der Waals surface area (Å²) in [5.74, 6) is 0. The fraction of sp³-hybridized carbons (Fsp3) is 0.300. The van der Waals surface area contributed by atoms with Gasteiger partial charge in [0, 0.05) is 18.8 Å². The lowest BCUT2D eigenvalue weighted by Gasteiger charge is -2.06. The second-order valence-electron chi connectivity index (χ2n) is 4.89. The molecule has 0 saturated carbocycles. The van der Waals surface area contributed by atoms with Crippen LogP contribution >= 0.6 is 0 Å². The lowest BCUT2D eigenvalue weighted by Crippen LogP contribution is -2.25. The third-order valence-electron chi connectivity index (χ3n) is 3.41. The number of nitrogen functional groups attached to an aromatic ring is 1. The quantitative estimate of drug-likeness (QED) is 0.850. The average molecular weight is 296 g/mol. The molecule has 2 aromatic rings. The molecule has 2 aromatic carbocycles. The topological polar surface area (TPSA) is 38.0 Å². The van der Waals surface area contributed by atoms with Crippen molar-refractivity contribution in [3.05, 3.63) is 64.0 Å². The van der Waals surface area contributed by atoms with Crippen molar-refractivity contribution in [3.8, 4) is 0 Å². The summed E-state index contributed by atoms with van der Waals surface area (Å²) in [5.41, 5.74) is 9.04. The highest BCUT2D eigenvalue weighted by molar-refractivity contribution is 5.39. The van der Waals surface area contributed by atoms with Crippen LogP contribution in [0.5, 0.6) is 0 Å². The van der Waals surface area contributed by atoms with Crippen LogP contribution in [0.4, 0.5) is 5.69 Å². The minimum absolute atomic E-state index is 0.809. The van der Waals surface area contributed by atoms with Crippen LogP contribution in [0.2, 0.25) is 0 Å². The van der Waals surface area contributed by atoms with E-state index in [0.29, 0.717) is 0 Å².